The van der Waals surface area contributed by atoms with Gasteiger partial charge in [-0.1, -0.05) is 12.8 Å². The summed E-state index contributed by atoms with van der Waals surface area (Å²) in [7, 11) is 0. The van der Waals surface area contributed by atoms with Crippen LogP contribution in [0.4, 0.5) is 4.79 Å². The molecule has 1 aliphatic heterocycles. The van der Waals surface area contributed by atoms with Gasteiger partial charge in [0.15, 0.2) is 0 Å². The lowest BCUT2D eigenvalue weighted by atomic mass is 10.2. The van der Waals surface area contributed by atoms with Gasteiger partial charge in [-0.25, -0.2) is 9.59 Å². The lowest BCUT2D eigenvalue weighted by molar-refractivity contribution is -0.141. The van der Waals surface area contributed by atoms with E-state index in [0.717, 1.165) is 25.0 Å². The summed E-state index contributed by atoms with van der Waals surface area (Å²) >= 11 is 1.83. The zero-order valence-electron chi connectivity index (χ0n) is 11.9. The van der Waals surface area contributed by atoms with E-state index in [1.807, 2.05) is 11.8 Å². The Bertz CT molecular complexity index is 327. The van der Waals surface area contributed by atoms with Crippen LogP contribution in [0, 0.1) is 0 Å². The van der Waals surface area contributed by atoms with Crippen LogP contribution in [0.25, 0.3) is 0 Å². The van der Waals surface area contributed by atoms with Crippen LogP contribution in [0.1, 0.15) is 32.1 Å². The summed E-state index contributed by atoms with van der Waals surface area (Å²) in [6, 6.07) is -1.30. The molecule has 1 saturated heterocycles. The van der Waals surface area contributed by atoms with Gasteiger partial charge in [-0.2, -0.15) is 11.8 Å². The molecule has 1 fully saturated rings. The molecule has 20 heavy (non-hydrogen) atoms. The lowest BCUT2D eigenvalue weighted by Gasteiger charge is -2.21. The van der Waals surface area contributed by atoms with Crippen LogP contribution in [0.5, 0.6) is 0 Å². The number of aliphatic hydroxyl groups excluding tert-OH is 1. The van der Waals surface area contributed by atoms with Crippen molar-refractivity contribution in [3.63, 3.8) is 0 Å². The van der Waals surface area contributed by atoms with Crippen LogP contribution in [-0.4, -0.2) is 64.4 Å². The molecule has 0 aromatic heterocycles. The number of urea groups is 1. The molecule has 0 aromatic carbocycles. The number of likely N-dealkylation sites (tertiary alicyclic amines) is 1. The largest absolute Gasteiger partial charge is 0.480 e. The van der Waals surface area contributed by atoms with Gasteiger partial charge >= 0.3 is 12.0 Å². The Morgan fingerprint density at radius 1 is 1.30 bits per heavy atom. The van der Waals surface area contributed by atoms with Gasteiger partial charge in [0.2, 0.25) is 0 Å². The van der Waals surface area contributed by atoms with Crippen molar-refractivity contribution in [3.05, 3.63) is 0 Å². The summed E-state index contributed by atoms with van der Waals surface area (Å²) in [5.74, 6) is 0.104. The first kappa shape index (κ1) is 17.1. The minimum Gasteiger partial charge on any atom is -0.480 e. The Kier molecular flexibility index (Phi) is 7.76. The van der Waals surface area contributed by atoms with E-state index in [0.29, 0.717) is 6.54 Å². The van der Waals surface area contributed by atoms with E-state index in [1.165, 1.54) is 11.3 Å². The maximum absolute atomic E-state index is 11.9. The van der Waals surface area contributed by atoms with E-state index in [2.05, 4.69) is 11.6 Å². The van der Waals surface area contributed by atoms with Crippen LogP contribution in [0.15, 0.2) is 0 Å². The van der Waals surface area contributed by atoms with Gasteiger partial charge in [0.1, 0.15) is 6.04 Å². The number of hydrogen-bond acceptors (Lipinski definition) is 4. The molecule has 1 aliphatic rings. The fraction of sp³-hybridized carbons (Fsp3) is 0.846. The molecule has 1 heterocycles. The van der Waals surface area contributed by atoms with Crippen molar-refractivity contribution in [2.45, 2.75) is 44.2 Å². The number of nitrogens with zero attached hydrogens (tertiary/aromatic N) is 1. The maximum Gasteiger partial charge on any atom is 0.326 e. The highest BCUT2D eigenvalue weighted by molar-refractivity contribution is 7.98. The van der Waals surface area contributed by atoms with Crippen molar-refractivity contribution in [3.8, 4) is 0 Å². The SMILES string of the molecule is CSCCCCCCNC(=O)N1C[C@@H](O)C[C@H]1C(=O)O. The summed E-state index contributed by atoms with van der Waals surface area (Å²) in [6.07, 6.45) is 5.75. The average Bonchev–Trinajstić information content (AvgIpc) is 2.80. The molecule has 2 atom stereocenters. The third kappa shape index (κ3) is 5.58. The van der Waals surface area contributed by atoms with Gasteiger partial charge in [-0.3, -0.25) is 0 Å². The Hall–Kier alpha value is -0.950. The zero-order valence-corrected chi connectivity index (χ0v) is 12.7. The van der Waals surface area contributed by atoms with Gasteiger partial charge < -0.3 is 20.4 Å². The summed E-state index contributed by atoms with van der Waals surface area (Å²) in [6.45, 7) is 0.646. The molecule has 2 amide bonds. The second-order valence-electron chi connectivity index (χ2n) is 5.03. The quantitative estimate of drug-likeness (QED) is 0.585. The molecule has 0 aromatic rings. The second kappa shape index (κ2) is 9.07. The normalized spacial score (nSPS) is 22.0. The van der Waals surface area contributed by atoms with Crippen molar-refractivity contribution in [1.29, 1.82) is 0 Å². The summed E-state index contributed by atoms with van der Waals surface area (Å²) < 4.78 is 0. The van der Waals surface area contributed by atoms with Crippen LogP contribution >= 0.6 is 11.8 Å². The minimum absolute atomic E-state index is 0.0938. The number of aliphatic hydroxyl groups is 1. The van der Waals surface area contributed by atoms with Crippen molar-refractivity contribution in [2.24, 2.45) is 0 Å². The number of aliphatic carboxylic acids is 1. The number of carbonyl (C=O) groups is 2. The number of nitrogens with one attached hydrogen (secondary N) is 1. The van der Waals surface area contributed by atoms with E-state index < -0.39 is 24.1 Å². The van der Waals surface area contributed by atoms with Crippen molar-refractivity contribution in [2.75, 3.05) is 25.1 Å². The summed E-state index contributed by atoms with van der Waals surface area (Å²) in [5, 5.41) is 21.2. The van der Waals surface area contributed by atoms with E-state index >= 15 is 0 Å². The first-order valence-corrected chi connectivity index (χ1v) is 8.40. The monoisotopic (exact) mass is 304 g/mol. The Morgan fingerprint density at radius 2 is 2.00 bits per heavy atom. The molecule has 0 bridgehead atoms. The van der Waals surface area contributed by atoms with Crippen LogP contribution < -0.4 is 5.32 Å². The predicted molar refractivity (Wildman–Crippen MR) is 79.0 cm³/mol. The molecule has 116 valence electrons. The lowest BCUT2D eigenvalue weighted by Crippen LogP contribution is -2.46. The standard InChI is InChI=1S/C13H24N2O4S/c1-20-7-5-3-2-4-6-14-13(19)15-9-10(16)8-11(15)12(17)18/h10-11,16H,2-9H2,1H3,(H,14,19)(H,17,18)/t10-,11-/m0/s1. The highest BCUT2D eigenvalue weighted by atomic mass is 32.2. The molecule has 6 nitrogen and oxygen atoms in total. The average molecular weight is 304 g/mol. The maximum atomic E-state index is 11.9. The number of thioether (sulfide) groups is 1. The number of carboxylic acid groups (broad SMARTS) is 1. The van der Waals surface area contributed by atoms with Gasteiger partial charge in [0.05, 0.1) is 6.10 Å². The molecule has 0 aliphatic carbocycles. The summed E-state index contributed by atoms with van der Waals surface area (Å²) in [4.78, 5) is 24.1. The molecule has 1 rings (SSSR count). The Labute approximate surface area is 123 Å². The molecule has 7 heteroatoms. The van der Waals surface area contributed by atoms with Crippen LogP contribution in [0.3, 0.4) is 0 Å². The Balaban J connectivity index is 2.20. The molecule has 0 spiro atoms. The van der Waals surface area contributed by atoms with E-state index in [4.69, 9.17) is 5.11 Å². The van der Waals surface area contributed by atoms with Gasteiger partial charge in [-0.15, -0.1) is 0 Å². The van der Waals surface area contributed by atoms with Crippen molar-refractivity contribution < 1.29 is 19.8 Å². The van der Waals surface area contributed by atoms with Crippen LogP contribution in [0.2, 0.25) is 0 Å². The fourth-order valence-corrected chi connectivity index (χ4v) is 2.79. The fourth-order valence-electron chi connectivity index (χ4n) is 2.29. The highest BCUT2D eigenvalue weighted by Gasteiger charge is 2.38. The highest BCUT2D eigenvalue weighted by Crippen LogP contribution is 2.18. The number of hydrogen-bond donors (Lipinski definition) is 3. The number of unbranched alkanes of at least 4 members (excludes halogenated alkanes) is 3. The number of β-amino-alcohol motifs (C(OH)–C–C–N with tert-alkyl or cyclic N) is 1. The first-order valence-electron chi connectivity index (χ1n) is 7.00. The van der Waals surface area contributed by atoms with Crippen molar-refractivity contribution >= 4 is 23.8 Å². The number of carbonyl (C=O) groups excluding carboxylic acids is 1. The summed E-state index contributed by atoms with van der Waals surface area (Å²) in [5.41, 5.74) is 0. The molecular weight excluding hydrogens is 280 g/mol. The van der Waals surface area contributed by atoms with Gasteiger partial charge in [0, 0.05) is 19.5 Å². The molecule has 0 saturated carbocycles. The van der Waals surface area contributed by atoms with Gasteiger partial charge in [0.25, 0.3) is 0 Å². The number of rotatable bonds is 8. The van der Waals surface area contributed by atoms with E-state index in [1.54, 1.807) is 0 Å². The number of amides is 2. The minimum atomic E-state index is -1.06. The first-order chi connectivity index (χ1) is 9.56. The molecule has 3 N–H and O–H groups in total. The van der Waals surface area contributed by atoms with Crippen LogP contribution in [-0.2, 0) is 4.79 Å². The van der Waals surface area contributed by atoms with E-state index in [-0.39, 0.29) is 13.0 Å². The molecular formula is C13H24N2O4S. The zero-order chi connectivity index (χ0) is 15.0. The third-order valence-corrected chi connectivity index (χ3v) is 4.07. The topological polar surface area (TPSA) is 89.9 Å². The number of carboxylic acids is 1. The smallest absolute Gasteiger partial charge is 0.326 e. The second-order valence-corrected chi connectivity index (χ2v) is 6.02. The third-order valence-electron chi connectivity index (χ3n) is 3.38. The molecule has 0 unspecified atom stereocenters. The predicted octanol–water partition coefficient (Wildman–Crippen LogP) is 1.14. The molecule has 0 radical (unpaired) electrons. The van der Waals surface area contributed by atoms with Crippen molar-refractivity contribution in [1.82, 2.24) is 10.2 Å². The van der Waals surface area contributed by atoms with E-state index in [9.17, 15) is 14.7 Å². The van der Waals surface area contributed by atoms with Gasteiger partial charge in [-0.05, 0) is 24.9 Å². The Morgan fingerprint density at radius 3 is 2.65 bits per heavy atom.